The normalized spacial score (nSPS) is 11.5. The predicted octanol–water partition coefficient (Wildman–Crippen LogP) is 8.75. The van der Waals surface area contributed by atoms with Gasteiger partial charge in [0.25, 0.3) is 0 Å². The maximum atomic E-state index is 8.24. The molecule has 4 heterocycles. The summed E-state index contributed by atoms with van der Waals surface area (Å²) in [7, 11) is 0. The summed E-state index contributed by atoms with van der Waals surface area (Å²) in [6.45, 7) is 11.9. The third-order valence-electron chi connectivity index (χ3n) is 6.70. The van der Waals surface area contributed by atoms with Gasteiger partial charge in [0.1, 0.15) is 0 Å². The Kier molecular flexibility index (Phi) is 8.30. The van der Waals surface area contributed by atoms with E-state index in [4.69, 9.17) is 5.79 Å². The van der Waals surface area contributed by atoms with Crippen LogP contribution in [0.3, 0.4) is 0 Å². The summed E-state index contributed by atoms with van der Waals surface area (Å²) in [4.78, 5) is 13.4. The van der Waals surface area contributed by atoms with E-state index in [0.29, 0.717) is 5.71 Å². The van der Waals surface area contributed by atoms with Gasteiger partial charge in [0.15, 0.2) is 0 Å². The maximum absolute atomic E-state index is 8.24. The fraction of sp³-hybridized carbons (Fsp3) is 0.206. The molecule has 0 N–H and O–H groups in total. The molecule has 0 fully saturated rings. The smallest absolute Gasteiger partial charge is 0.216 e. The first-order valence-electron chi connectivity index (χ1n) is 13.2. The molecule has 6 rings (SSSR count). The van der Waals surface area contributed by atoms with E-state index >= 15 is 0 Å². The van der Waals surface area contributed by atoms with Crippen LogP contribution in [-0.2, 0) is 20.1 Å². The largest absolute Gasteiger partial charge is 0.486 e. The van der Waals surface area contributed by atoms with Gasteiger partial charge in [-0.05, 0) is 68.2 Å². The minimum absolute atomic E-state index is 0. The Hall–Kier alpha value is -3.66. The number of pyridine rings is 3. The molecule has 0 bridgehead atoms. The first-order valence-corrected chi connectivity index (χ1v) is 12.7. The summed E-state index contributed by atoms with van der Waals surface area (Å²) < 4.78 is 14.3. The molecule has 39 heavy (non-hydrogen) atoms. The van der Waals surface area contributed by atoms with Crippen molar-refractivity contribution in [1.29, 1.82) is 0 Å². The van der Waals surface area contributed by atoms with Crippen LogP contribution in [-0.4, -0.2) is 15.0 Å². The molecule has 0 saturated carbocycles. The third-order valence-corrected chi connectivity index (χ3v) is 6.70. The van der Waals surface area contributed by atoms with E-state index in [1.807, 2.05) is 88.5 Å². The van der Waals surface area contributed by atoms with Gasteiger partial charge in [0.05, 0.1) is 5.58 Å². The fourth-order valence-electron chi connectivity index (χ4n) is 4.45. The van der Waals surface area contributed by atoms with Crippen molar-refractivity contribution in [3.63, 3.8) is 0 Å². The average molecular weight is 691 g/mol. The van der Waals surface area contributed by atoms with Crippen LogP contribution in [0.2, 0.25) is 0 Å². The number of aromatic nitrogens is 3. The van der Waals surface area contributed by atoms with Crippen LogP contribution in [0.1, 0.15) is 49.1 Å². The van der Waals surface area contributed by atoms with E-state index in [1.54, 1.807) is 6.20 Å². The predicted molar refractivity (Wildman–Crippen MR) is 155 cm³/mol. The summed E-state index contributed by atoms with van der Waals surface area (Å²) in [6, 6.07) is 26.3. The number of benzene rings is 2. The van der Waals surface area contributed by atoms with E-state index in [1.165, 1.54) is 11.1 Å². The molecule has 5 heteroatoms. The van der Waals surface area contributed by atoms with Crippen molar-refractivity contribution in [3.05, 3.63) is 113 Å². The molecule has 4 nitrogen and oxygen atoms in total. The number of furan rings is 1. The first-order chi connectivity index (χ1) is 18.6. The van der Waals surface area contributed by atoms with Crippen LogP contribution >= 0.6 is 0 Å². The van der Waals surface area contributed by atoms with Crippen molar-refractivity contribution < 1.29 is 25.9 Å². The Morgan fingerprint density at radius 3 is 2.26 bits per heavy atom. The second-order valence-electron chi connectivity index (χ2n) is 9.82. The van der Waals surface area contributed by atoms with Crippen LogP contribution < -0.4 is 0 Å². The summed E-state index contributed by atoms with van der Waals surface area (Å²) in [5.41, 5.74) is 10.4. The van der Waals surface area contributed by atoms with Crippen LogP contribution in [0.15, 0.2) is 77.5 Å². The zero-order chi connectivity index (χ0) is 27.7. The standard InChI is InChI=1S/C21H19N2O.C13H12N.Ir/c1-12(2)18-11-22-19(10-13(18)3)17-7-5-6-15-16-9-8-14(4)23-21(16)24-20(15)17;1-10-8-13(14-9-11(10)2)12-6-4-3-5-7-12;/h5-6,8-12H,1-4H3;3-6,8-9H,1-2H3;/q2*-1;/i12D;;. The van der Waals surface area contributed by atoms with Gasteiger partial charge in [0.2, 0.25) is 5.71 Å². The molecule has 1 radical (unpaired) electrons. The monoisotopic (exact) mass is 691 g/mol. The number of aryl methyl sites for hydroxylation is 4. The van der Waals surface area contributed by atoms with E-state index in [-0.39, 0.29) is 20.1 Å². The van der Waals surface area contributed by atoms with Gasteiger partial charge in [-0.2, -0.15) is 0 Å². The van der Waals surface area contributed by atoms with Crippen molar-refractivity contribution in [2.75, 3.05) is 0 Å². The minimum Gasteiger partial charge on any atom is -0.486 e. The second-order valence-corrected chi connectivity index (χ2v) is 9.82. The zero-order valence-electron chi connectivity index (χ0n) is 24.0. The Morgan fingerprint density at radius 2 is 1.56 bits per heavy atom. The van der Waals surface area contributed by atoms with Crippen LogP contribution in [0, 0.1) is 39.8 Å². The van der Waals surface area contributed by atoms with Crippen LogP contribution in [0.5, 0.6) is 0 Å². The molecule has 199 valence electrons. The molecule has 0 unspecified atom stereocenters. The molecule has 0 aliphatic carbocycles. The van der Waals surface area contributed by atoms with E-state index in [0.717, 1.165) is 55.7 Å². The summed E-state index contributed by atoms with van der Waals surface area (Å²) in [5, 5.41) is 2.01. The van der Waals surface area contributed by atoms with E-state index in [9.17, 15) is 0 Å². The van der Waals surface area contributed by atoms with Gasteiger partial charge in [-0.15, -0.1) is 54.1 Å². The van der Waals surface area contributed by atoms with Crippen molar-refractivity contribution in [3.8, 4) is 22.5 Å². The Morgan fingerprint density at radius 1 is 0.795 bits per heavy atom. The maximum Gasteiger partial charge on any atom is 0.216 e. The third kappa shape index (κ3) is 6.00. The van der Waals surface area contributed by atoms with Gasteiger partial charge in [-0.25, -0.2) is 4.98 Å². The van der Waals surface area contributed by atoms with E-state index in [2.05, 4.69) is 47.0 Å². The number of fused-ring (bicyclic) bond motifs is 3. The number of nitrogens with zero attached hydrogens (tertiary/aromatic N) is 3. The van der Waals surface area contributed by atoms with Crippen LogP contribution in [0.4, 0.5) is 0 Å². The minimum atomic E-state index is -0.674. The summed E-state index contributed by atoms with van der Waals surface area (Å²) in [5.74, 6) is -0.674. The number of hydrogen-bond acceptors (Lipinski definition) is 4. The number of hydrogen-bond donors (Lipinski definition) is 0. The molecule has 0 saturated heterocycles. The molecule has 6 aromatic rings. The van der Waals surface area contributed by atoms with Crippen molar-refractivity contribution in [1.82, 2.24) is 15.0 Å². The van der Waals surface area contributed by atoms with Crippen LogP contribution in [0.25, 0.3) is 44.6 Å². The van der Waals surface area contributed by atoms with Gasteiger partial charge in [-0.3, -0.25) is 0 Å². The Labute approximate surface area is 245 Å². The van der Waals surface area contributed by atoms with E-state index < -0.39 is 5.89 Å². The molecular formula is C34H31IrN3O-2. The molecule has 0 atom stereocenters. The molecule has 0 aliphatic rings. The second kappa shape index (κ2) is 12.0. The molecular weight excluding hydrogens is 659 g/mol. The molecule has 0 aliphatic heterocycles. The Balaban J connectivity index is 0.000000210. The fourth-order valence-corrected chi connectivity index (χ4v) is 4.45. The van der Waals surface area contributed by atoms with Crippen molar-refractivity contribution >= 4 is 22.1 Å². The topological polar surface area (TPSA) is 51.8 Å². The SMILES string of the molecule is Cc1cnc(-c2[c-]cccc2)cc1C.[2H]C(C)(C)c1cnc(-c2[c-]ccc3c2oc2nc(C)ccc23)cc1C.[Ir]. The van der Waals surface area contributed by atoms with Gasteiger partial charge < -0.3 is 14.4 Å². The molecule has 2 aromatic carbocycles. The van der Waals surface area contributed by atoms with Crippen molar-refractivity contribution in [2.24, 2.45) is 0 Å². The Bertz CT molecular complexity index is 1790. The van der Waals surface area contributed by atoms with Crippen molar-refractivity contribution in [2.45, 2.75) is 47.4 Å². The molecule has 0 amide bonds. The molecule has 0 spiro atoms. The first kappa shape index (κ1) is 26.9. The molecule has 4 aromatic heterocycles. The number of rotatable bonds is 3. The average Bonchev–Trinajstić information content (AvgIpc) is 3.28. The summed E-state index contributed by atoms with van der Waals surface area (Å²) >= 11 is 0. The van der Waals surface area contributed by atoms with Gasteiger partial charge in [0, 0.05) is 44.9 Å². The van der Waals surface area contributed by atoms with Gasteiger partial charge >= 0.3 is 0 Å². The summed E-state index contributed by atoms with van der Waals surface area (Å²) in [6.07, 6.45) is 3.70. The zero-order valence-corrected chi connectivity index (χ0v) is 25.4. The van der Waals surface area contributed by atoms with Gasteiger partial charge in [-0.1, -0.05) is 48.1 Å². The quantitative estimate of drug-likeness (QED) is 0.174.